The van der Waals surface area contributed by atoms with Gasteiger partial charge in [-0.05, 0) is 37.6 Å². The minimum Gasteiger partial charge on any atom is -0.496 e. The molecule has 6 heteroatoms. The van der Waals surface area contributed by atoms with Crippen molar-refractivity contribution in [1.82, 2.24) is 4.90 Å². The first-order valence-electron chi connectivity index (χ1n) is 8.68. The fourth-order valence-electron chi connectivity index (χ4n) is 3.18. The second-order valence-electron chi connectivity index (χ2n) is 6.79. The number of carbonyl (C=O) groups is 1. The van der Waals surface area contributed by atoms with E-state index in [1.165, 1.54) is 4.90 Å². The number of carbonyl (C=O) groups excluding carboxylic acids is 1. The number of ether oxygens (including phenoxy) is 1. The van der Waals surface area contributed by atoms with E-state index >= 15 is 0 Å². The van der Waals surface area contributed by atoms with Crippen LogP contribution in [0.1, 0.15) is 18.1 Å². The van der Waals surface area contributed by atoms with Crippen molar-refractivity contribution >= 4 is 45.7 Å². The minimum absolute atomic E-state index is 0.0922. The molecule has 0 saturated carbocycles. The van der Waals surface area contributed by atoms with Gasteiger partial charge in [-0.3, -0.25) is 4.79 Å². The van der Waals surface area contributed by atoms with Gasteiger partial charge in [0, 0.05) is 52.8 Å². The van der Waals surface area contributed by atoms with E-state index in [9.17, 15) is 4.79 Å². The molecule has 0 aliphatic carbocycles. The van der Waals surface area contributed by atoms with Crippen LogP contribution in [0.2, 0.25) is 10.0 Å². The number of aryl methyl sites for hydroxylation is 1. The van der Waals surface area contributed by atoms with Crippen LogP contribution >= 0.6 is 23.2 Å². The molecular weight excluding hydrogens is 397 g/mol. The van der Waals surface area contributed by atoms with E-state index in [2.05, 4.69) is 0 Å². The van der Waals surface area contributed by atoms with Crippen LogP contribution in [0.4, 0.5) is 0 Å². The zero-order chi connectivity index (χ0) is 20.6. The molecule has 0 fully saturated rings. The number of hydrogen-bond donors (Lipinski definition) is 0. The molecule has 1 aromatic heterocycles. The van der Waals surface area contributed by atoms with Gasteiger partial charge in [0.25, 0.3) is 0 Å². The number of likely N-dealkylation sites (N-methyl/N-ethyl adjacent to an activating group) is 1. The van der Waals surface area contributed by atoms with Gasteiger partial charge < -0.3 is 14.1 Å². The highest BCUT2D eigenvalue weighted by Crippen LogP contribution is 2.42. The van der Waals surface area contributed by atoms with Crippen molar-refractivity contribution in [2.45, 2.75) is 13.8 Å². The maximum absolute atomic E-state index is 12.1. The van der Waals surface area contributed by atoms with Crippen LogP contribution in [-0.2, 0) is 4.79 Å². The first-order valence-corrected chi connectivity index (χ1v) is 9.44. The molecule has 0 unspecified atom stereocenters. The second-order valence-corrected chi connectivity index (χ2v) is 7.64. The van der Waals surface area contributed by atoms with Crippen molar-refractivity contribution < 1.29 is 13.9 Å². The van der Waals surface area contributed by atoms with Crippen molar-refractivity contribution in [2.75, 3.05) is 21.2 Å². The maximum atomic E-state index is 12.1. The highest BCUT2D eigenvalue weighted by Gasteiger charge is 2.20. The van der Waals surface area contributed by atoms with Crippen molar-refractivity contribution in [3.8, 4) is 16.9 Å². The summed E-state index contributed by atoms with van der Waals surface area (Å²) in [5.74, 6) is 0.585. The van der Waals surface area contributed by atoms with E-state index in [0.717, 1.165) is 33.2 Å². The Morgan fingerprint density at radius 2 is 1.89 bits per heavy atom. The summed E-state index contributed by atoms with van der Waals surface area (Å²) in [6, 6.07) is 7.33. The van der Waals surface area contributed by atoms with Gasteiger partial charge in [-0.2, -0.15) is 0 Å². The standard InChI is InChI=1S/C22H21Cl2NO3/c1-12(8-20(26)25(3)4)16-10-17-18(15-7-6-14(23)9-19(15)24)11-28-22(17)13(2)21(16)27-5/h6-11H,1-5H3/b12-8+. The van der Waals surface area contributed by atoms with E-state index in [1.807, 2.05) is 26.0 Å². The third-order valence-corrected chi connectivity index (χ3v) is 5.22. The monoisotopic (exact) mass is 417 g/mol. The fraction of sp³-hybridized carbons (Fsp3) is 0.227. The lowest BCUT2D eigenvalue weighted by atomic mass is 9.96. The summed E-state index contributed by atoms with van der Waals surface area (Å²) in [6.45, 7) is 3.82. The van der Waals surface area contributed by atoms with Gasteiger partial charge in [0.1, 0.15) is 11.3 Å². The predicted octanol–water partition coefficient (Wildman–Crippen LogP) is 6.22. The average molecular weight is 418 g/mol. The Bertz CT molecular complexity index is 1100. The predicted molar refractivity (Wildman–Crippen MR) is 115 cm³/mol. The lowest BCUT2D eigenvalue weighted by Gasteiger charge is -2.14. The fourth-order valence-corrected chi connectivity index (χ4v) is 3.69. The molecule has 0 radical (unpaired) electrons. The number of rotatable bonds is 4. The van der Waals surface area contributed by atoms with Crippen LogP contribution < -0.4 is 4.74 Å². The van der Waals surface area contributed by atoms with E-state index in [1.54, 1.807) is 45.7 Å². The Labute approximate surface area is 174 Å². The molecule has 3 rings (SSSR count). The van der Waals surface area contributed by atoms with Gasteiger partial charge in [0.15, 0.2) is 0 Å². The Kier molecular flexibility index (Phi) is 5.73. The zero-order valence-corrected chi connectivity index (χ0v) is 17.9. The number of fused-ring (bicyclic) bond motifs is 1. The number of furan rings is 1. The Balaban J connectivity index is 2.27. The molecule has 0 N–H and O–H groups in total. The first kappa shape index (κ1) is 20.3. The van der Waals surface area contributed by atoms with Crippen LogP contribution in [0.5, 0.6) is 5.75 Å². The summed E-state index contributed by atoms with van der Waals surface area (Å²) in [4.78, 5) is 13.7. The molecule has 0 saturated heterocycles. The van der Waals surface area contributed by atoms with Crippen molar-refractivity contribution in [1.29, 1.82) is 0 Å². The molecule has 0 bridgehead atoms. The summed E-state index contributed by atoms with van der Waals surface area (Å²) < 4.78 is 11.5. The van der Waals surface area contributed by atoms with Crippen LogP contribution in [0, 0.1) is 6.92 Å². The van der Waals surface area contributed by atoms with E-state index < -0.39 is 0 Å². The molecule has 0 atom stereocenters. The van der Waals surface area contributed by atoms with Gasteiger partial charge in [-0.1, -0.05) is 29.3 Å². The third-order valence-electron chi connectivity index (χ3n) is 4.67. The van der Waals surface area contributed by atoms with Crippen molar-refractivity contribution in [2.24, 2.45) is 0 Å². The van der Waals surface area contributed by atoms with E-state index in [-0.39, 0.29) is 5.91 Å². The van der Waals surface area contributed by atoms with Gasteiger partial charge in [-0.25, -0.2) is 0 Å². The molecule has 1 amide bonds. The summed E-state index contributed by atoms with van der Waals surface area (Å²) in [7, 11) is 5.04. The van der Waals surface area contributed by atoms with Crippen LogP contribution in [-0.4, -0.2) is 32.0 Å². The molecule has 1 heterocycles. The molecule has 0 aliphatic heterocycles. The van der Waals surface area contributed by atoms with E-state index in [0.29, 0.717) is 21.4 Å². The summed E-state index contributed by atoms with van der Waals surface area (Å²) in [6.07, 6.45) is 3.28. The Hall–Kier alpha value is -2.43. The van der Waals surface area contributed by atoms with Gasteiger partial charge >= 0.3 is 0 Å². The minimum atomic E-state index is -0.0922. The summed E-state index contributed by atoms with van der Waals surface area (Å²) >= 11 is 12.4. The number of allylic oxidation sites excluding steroid dienone is 1. The molecule has 0 spiro atoms. The van der Waals surface area contributed by atoms with Crippen molar-refractivity contribution in [3.05, 3.63) is 57.8 Å². The number of amides is 1. The molecule has 2 aromatic carbocycles. The third kappa shape index (κ3) is 3.62. The van der Waals surface area contributed by atoms with Gasteiger partial charge in [-0.15, -0.1) is 0 Å². The Morgan fingerprint density at radius 1 is 1.18 bits per heavy atom. The van der Waals surface area contributed by atoms with Crippen LogP contribution in [0.15, 0.2) is 41.0 Å². The second kappa shape index (κ2) is 7.90. The van der Waals surface area contributed by atoms with Crippen molar-refractivity contribution in [3.63, 3.8) is 0 Å². The maximum Gasteiger partial charge on any atom is 0.246 e. The summed E-state index contributed by atoms with van der Waals surface area (Å²) in [5.41, 5.74) is 4.89. The zero-order valence-electron chi connectivity index (χ0n) is 16.4. The number of nitrogens with zero attached hydrogens (tertiary/aromatic N) is 1. The molecule has 28 heavy (non-hydrogen) atoms. The average Bonchev–Trinajstić information content (AvgIpc) is 3.05. The number of methoxy groups -OCH3 is 1. The SMILES string of the molecule is COc1c(/C(C)=C/C(=O)N(C)C)cc2c(-c3ccc(Cl)cc3Cl)coc2c1C. The molecular formula is C22H21Cl2NO3. The van der Waals surface area contributed by atoms with Gasteiger partial charge in [0.2, 0.25) is 5.91 Å². The van der Waals surface area contributed by atoms with Crippen LogP contribution in [0.25, 0.3) is 27.7 Å². The number of hydrogen-bond acceptors (Lipinski definition) is 3. The topological polar surface area (TPSA) is 42.7 Å². The largest absolute Gasteiger partial charge is 0.496 e. The molecule has 146 valence electrons. The molecule has 4 nitrogen and oxygen atoms in total. The lowest BCUT2D eigenvalue weighted by Crippen LogP contribution is -2.19. The normalized spacial score (nSPS) is 11.8. The van der Waals surface area contributed by atoms with Gasteiger partial charge in [0.05, 0.1) is 18.4 Å². The smallest absolute Gasteiger partial charge is 0.246 e. The molecule has 3 aromatic rings. The Morgan fingerprint density at radius 3 is 2.50 bits per heavy atom. The number of benzene rings is 2. The number of halogens is 2. The van der Waals surface area contributed by atoms with Crippen LogP contribution in [0.3, 0.4) is 0 Å². The highest BCUT2D eigenvalue weighted by molar-refractivity contribution is 6.36. The first-order chi connectivity index (χ1) is 13.2. The highest BCUT2D eigenvalue weighted by atomic mass is 35.5. The van der Waals surface area contributed by atoms with E-state index in [4.69, 9.17) is 32.4 Å². The quantitative estimate of drug-likeness (QED) is 0.473. The summed E-state index contributed by atoms with van der Waals surface area (Å²) in [5, 5.41) is 2.00. The molecule has 0 aliphatic rings. The lowest BCUT2D eigenvalue weighted by molar-refractivity contribution is -0.123.